The third kappa shape index (κ3) is 2.47. The zero-order valence-electron chi connectivity index (χ0n) is 10.7. The van der Waals surface area contributed by atoms with Crippen LogP contribution in [0, 0.1) is 5.41 Å². The first-order chi connectivity index (χ1) is 8.81. The van der Waals surface area contributed by atoms with Crippen molar-refractivity contribution in [2.24, 2.45) is 5.41 Å². The van der Waals surface area contributed by atoms with Gasteiger partial charge in [-0.05, 0) is 12.1 Å². The lowest BCUT2D eigenvalue weighted by atomic mass is 9.92. The van der Waals surface area contributed by atoms with E-state index in [2.05, 4.69) is 4.98 Å². The van der Waals surface area contributed by atoms with Crippen LogP contribution in [0.3, 0.4) is 0 Å². The van der Waals surface area contributed by atoms with Crippen LogP contribution < -0.4 is 0 Å². The van der Waals surface area contributed by atoms with E-state index in [1.54, 1.807) is 13.8 Å². The molecule has 2 heterocycles. The Morgan fingerprint density at radius 3 is 2.68 bits per heavy atom. The molecule has 1 aromatic rings. The van der Waals surface area contributed by atoms with Gasteiger partial charge < -0.3 is 5.11 Å². The predicted molar refractivity (Wildman–Crippen MR) is 65.2 cm³/mol. The fourth-order valence-electron chi connectivity index (χ4n) is 2.05. The minimum atomic E-state index is -1.07. The van der Waals surface area contributed by atoms with Gasteiger partial charge in [0.15, 0.2) is 0 Å². The molecular formula is C13H14N2O4. The molecule has 0 aromatic carbocycles. The predicted octanol–water partition coefficient (Wildman–Crippen LogP) is 1.06. The van der Waals surface area contributed by atoms with Gasteiger partial charge >= 0.3 is 5.97 Å². The summed E-state index contributed by atoms with van der Waals surface area (Å²) in [5.41, 5.74) is -0.218. The summed E-state index contributed by atoms with van der Waals surface area (Å²) in [6.07, 6.45) is 1.53. The highest BCUT2D eigenvalue weighted by Gasteiger charge is 2.44. The minimum absolute atomic E-state index is 0.0161. The van der Waals surface area contributed by atoms with Gasteiger partial charge in [0.1, 0.15) is 0 Å². The van der Waals surface area contributed by atoms with Crippen LogP contribution in [0.15, 0.2) is 18.3 Å². The van der Waals surface area contributed by atoms with Gasteiger partial charge in [-0.25, -0.2) is 4.79 Å². The normalized spacial score (nSPS) is 17.9. The highest BCUT2D eigenvalue weighted by molar-refractivity contribution is 6.05. The number of rotatable bonds is 3. The van der Waals surface area contributed by atoms with Crippen LogP contribution >= 0.6 is 0 Å². The molecular weight excluding hydrogens is 248 g/mol. The Kier molecular flexibility index (Phi) is 3.09. The molecule has 1 N–H and O–H groups in total. The van der Waals surface area contributed by atoms with Gasteiger partial charge in [-0.15, -0.1) is 0 Å². The third-order valence-corrected chi connectivity index (χ3v) is 3.10. The van der Waals surface area contributed by atoms with Crippen LogP contribution in [0.1, 0.15) is 36.3 Å². The molecule has 2 rings (SSSR count). The fourth-order valence-corrected chi connectivity index (χ4v) is 2.05. The first-order valence-electron chi connectivity index (χ1n) is 5.84. The lowest BCUT2D eigenvalue weighted by Gasteiger charge is -2.17. The van der Waals surface area contributed by atoms with E-state index in [9.17, 15) is 14.4 Å². The molecule has 19 heavy (non-hydrogen) atoms. The van der Waals surface area contributed by atoms with E-state index in [1.807, 2.05) is 0 Å². The SMILES string of the molecule is CC1(C)CC(=O)N(Cc2cc(C(=O)O)ccn2)C1=O. The summed E-state index contributed by atoms with van der Waals surface area (Å²) >= 11 is 0. The van der Waals surface area contributed by atoms with E-state index >= 15 is 0 Å². The summed E-state index contributed by atoms with van der Waals surface area (Å²) in [5, 5.41) is 8.88. The van der Waals surface area contributed by atoms with Gasteiger partial charge in [0.25, 0.3) is 0 Å². The van der Waals surface area contributed by atoms with Crippen molar-refractivity contribution in [2.75, 3.05) is 0 Å². The number of carboxylic acids is 1. The van der Waals surface area contributed by atoms with Crippen molar-refractivity contribution in [3.63, 3.8) is 0 Å². The number of carbonyl (C=O) groups is 3. The second kappa shape index (κ2) is 4.46. The summed E-state index contributed by atoms with van der Waals surface area (Å²) in [4.78, 5) is 39.8. The molecule has 0 bridgehead atoms. The van der Waals surface area contributed by atoms with Crippen LogP contribution in [0.5, 0.6) is 0 Å². The van der Waals surface area contributed by atoms with Crippen molar-refractivity contribution < 1.29 is 19.5 Å². The maximum atomic E-state index is 12.0. The van der Waals surface area contributed by atoms with Crippen LogP contribution in [0.4, 0.5) is 0 Å². The third-order valence-electron chi connectivity index (χ3n) is 3.10. The number of amides is 2. The maximum Gasteiger partial charge on any atom is 0.335 e. The van der Waals surface area contributed by atoms with Gasteiger partial charge in [0.05, 0.1) is 23.2 Å². The lowest BCUT2D eigenvalue weighted by molar-refractivity contribution is -0.141. The molecule has 0 atom stereocenters. The summed E-state index contributed by atoms with van der Waals surface area (Å²) in [6.45, 7) is 3.45. The van der Waals surface area contributed by atoms with Crippen LogP contribution in [-0.4, -0.2) is 32.8 Å². The monoisotopic (exact) mass is 262 g/mol. The number of hydrogen-bond acceptors (Lipinski definition) is 4. The molecule has 0 spiro atoms. The maximum absolute atomic E-state index is 12.0. The number of carbonyl (C=O) groups excluding carboxylic acids is 2. The molecule has 1 saturated heterocycles. The van der Waals surface area contributed by atoms with Crippen molar-refractivity contribution in [3.8, 4) is 0 Å². The number of likely N-dealkylation sites (tertiary alicyclic amines) is 1. The first-order valence-corrected chi connectivity index (χ1v) is 5.84. The summed E-state index contributed by atoms with van der Waals surface area (Å²) in [6, 6.07) is 2.73. The molecule has 100 valence electrons. The fraction of sp³-hybridized carbons (Fsp3) is 0.385. The van der Waals surface area contributed by atoms with Crippen molar-refractivity contribution >= 4 is 17.8 Å². The van der Waals surface area contributed by atoms with Crippen LogP contribution in [0.2, 0.25) is 0 Å². The Morgan fingerprint density at radius 1 is 1.47 bits per heavy atom. The Hall–Kier alpha value is -2.24. The molecule has 2 amide bonds. The number of nitrogens with zero attached hydrogens (tertiary/aromatic N) is 2. The van der Waals surface area contributed by atoms with Gasteiger partial charge in [0.2, 0.25) is 11.8 Å². The number of imide groups is 1. The Morgan fingerprint density at radius 2 is 2.16 bits per heavy atom. The average Bonchev–Trinajstić information content (AvgIpc) is 2.52. The number of carboxylic acid groups (broad SMARTS) is 1. The molecule has 1 aliphatic heterocycles. The summed E-state index contributed by atoms with van der Waals surface area (Å²) in [5.74, 6) is -1.57. The molecule has 6 heteroatoms. The summed E-state index contributed by atoms with van der Waals surface area (Å²) < 4.78 is 0. The zero-order chi connectivity index (χ0) is 14.2. The molecule has 0 saturated carbocycles. The van der Waals surface area contributed by atoms with Crippen LogP contribution in [-0.2, 0) is 16.1 Å². The lowest BCUT2D eigenvalue weighted by Crippen LogP contribution is -2.32. The molecule has 0 unspecified atom stereocenters. The Balaban J connectivity index is 2.22. The smallest absolute Gasteiger partial charge is 0.335 e. The van der Waals surface area contributed by atoms with Gasteiger partial charge in [-0.1, -0.05) is 13.8 Å². The number of aromatic nitrogens is 1. The number of aromatic carboxylic acids is 1. The molecule has 0 aliphatic carbocycles. The summed E-state index contributed by atoms with van der Waals surface area (Å²) in [7, 11) is 0. The molecule has 6 nitrogen and oxygen atoms in total. The quantitative estimate of drug-likeness (QED) is 0.823. The van der Waals surface area contributed by atoms with Gasteiger partial charge in [-0.3, -0.25) is 19.5 Å². The Labute approximate surface area is 110 Å². The molecule has 1 aromatic heterocycles. The van der Waals surface area contributed by atoms with Crippen molar-refractivity contribution in [2.45, 2.75) is 26.8 Å². The van der Waals surface area contributed by atoms with E-state index < -0.39 is 11.4 Å². The number of pyridine rings is 1. The van der Waals surface area contributed by atoms with Crippen LogP contribution in [0.25, 0.3) is 0 Å². The van der Waals surface area contributed by atoms with Gasteiger partial charge in [0, 0.05) is 12.6 Å². The molecule has 1 fully saturated rings. The molecule has 0 radical (unpaired) electrons. The van der Waals surface area contributed by atoms with Gasteiger partial charge in [-0.2, -0.15) is 0 Å². The van der Waals surface area contributed by atoms with Crippen molar-refractivity contribution in [3.05, 3.63) is 29.6 Å². The molecule has 1 aliphatic rings. The highest BCUT2D eigenvalue weighted by atomic mass is 16.4. The van der Waals surface area contributed by atoms with E-state index in [-0.39, 0.29) is 30.3 Å². The minimum Gasteiger partial charge on any atom is -0.478 e. The second-order valence-corrected chi connectivity index (χ2v) is 5.19. The first kappa shape index (κ1) is 13.2. The van der Waals surface area contributed by atoms with Crippen molar-refractivity contribution in [1.29, 1.82) is 0 Å². The second-order valence-electron chi connectivity index (χ2n) is 5.19. The van der Waals surface area contributed by atoms with E-state index in [0.29, 0.717) is 5.69 Å². The Bertz CT molecular complexity index is 566. The topological polar surface area (TPSA) is 87.6 Å². The van der Waals surface area contributed by atoms with E-state index in [4.69, 9.17) is 5.11 Å². The highest BCUT2D eigenvalue weighted by Crippen LogP contribution is 2.32. The number of hydrogen-bond donors (Lipinski definition) is 1. The van der Waals surface area contributed by atoms with E-state index in [1.165, 1.54) is 18.3 Å². The van der Waals surface area contributed by atoms with Crippen molar-refractivity contribution in [1.82, 2.24) is 9.88 Å². The zero-order valence-corrected chi connectivity index (χ0v) is 10.7. The van der Waals surface area contributed by atoms with E-state index in [0.717, 1.165) is 4.90 Å². The standard InChI is InChI=1S/C13H14N2O4/c1-13(2)6-10(16)15(12(13)19)7-9-5-8(11(17)18)3-4-14-9/h3-5H,6-7H2,1-2H3,(H,17,18). The largest absolute Gasteiger partial charge is 0.478 e. The average molecular weight is 262 g/mol.